The van der Waals surface area contributed by atoms with Crippen molar-refractivity contribution in [3.63, 3.8) is 0 Å². The van der Waals surface area contributed by atoms with Crippen LogP contribution in [-0.4, -0.2) is 38.0 Å². The molecule has 0 aliphatic heterocycles. The zero-order valence-corrected chi connectivity index (χ0v) is 15.6. The largest absolute Gasteiger partial charge is 0.416 e. The number of halogens is 3. The predicted octanol–water partition coefficient (Wildman–Crippen LogP) is 2.63. The smallest absolute Gasteiger partial charge is 0.370 e. The van der Waals surface area contributed by atoms with E-state index in [-0.39, 0.29) is 13.1 Å². The molecule has 0 aliphatic carbocycles. The van der Waals surface area contributed by atoms with Crippen LogP contribution in [0.2, 0.25) is 0 Å². The van der Waals surface area contributed by atoms with E-state index in [1.54, 1.807) is 13.0 Å². The van der Waals surface area contributed by atoms with Gasteiger partial charge in [0.15, 0.2) is 0 Å². The lowest BCUT2D eigenvalue weighted by Crippen LogP contribution is -2.29. The van der Waals surface area contributed by atoms with Crippen LogP contribution in [-0.2, 0) is 16.2 Å². The van der Waals surface area contributed by atoms with E-state index in [0.29, 0.717) is 30.1 Å². The molecule has 3 N–H and O–H groups in total. The first kappa shape index (κ1) is 20.9. The summed E-state index contributed by atoms with van der Waals surface area (Å²) in [6.45, 7) is 4.50. The van der Waals surface area contributed by atoms with E-state index in [9.17, 15) is 21.6 Å². The molecule has 0 saturated carbocycles. The van der Waals surface area contributed by atoms with Crippen LogP contribution in [0.15, 0.2) is 35.2 Å². The third-order valence-electron chi connectivity index (χ3n) is 3.39. The van der Waals surface area contributed by atoms with Crippen molar-refractivity contribution in [1.82, 2.24) is 14.7 Å². The number of benzene rings is 1. The van der Waals surface area contributed by atoms with Crippen LogP contribution >= 0.6 is 0 Å². The van der Waals surface area contributed by atoms with E-state index in [4.69, 9.17) is 0 Å². The molecule has 0 spiro atoms. The molecule has 1 aromatic heterocycles. The van der Waals surface area contributed by atoms with Crippen molar-refractivity contribution in [3.05, 3.63) is 41.7 Å². The van der Waals surface area contributed by atoms with E-state index in [1.165, 1.54) is 0 Å². The molecular formula is C16H20F3N5O2S. The number of rotatable bonds is 8. The summed E-state index contributed by atoms with van der Waals surface area (Å²) in [6, 6.07) is 5.27. The number of aryl methyl sites for hydroxylation is 1. The predicted molar refractivity (Wildman–Crippen MR) is 96.1 cm³/mol. The van der Waals surface area contributed by atoms with Crippen molar-refractivity contribution in [2.45, 2.75) is 24.9 Å². The number of hydrogen-bond donors (Lipinski definition) is 3. The summed E-state index contributed by atoms with van der Waals surface area (Å²) in [4.78, 5) is 7.94. The minimum atomic E-state index is -4.61. The molecule has 0 unspecified atom stereocenters. The Kier molecular flexibility index (Phi) is 6.60. The van der Waals surface area contributed by atoms with Crippen molar-refractivity contribution < 1.29 is 21.6 Å². The van der Waals surface area contributed by atoms with Crippen LogP contribution in [0.4, 0.5) is 24.8 Å². The van der Waals surface area contributed by atoms with Gasteiger partial charge in [0.05, 0.1) is 10.5 Å². The van der Waals surface area contributed by atoms with Gasteiger partial charge >= 0.3 is 6.18 Å². The normalized spacial score (nSPS) is 12.0. The van der Waals surface area contributed by atoms with Crippen LogP contribution in [0.1, 0.15) is 18.3 Å². The molecule has 0 amide bonds. The summed E-state index contributed by atoms with van der Waals surface area (Å²) in [5.41, 5.74) is -1.02. The van der Waals surface area contributed by atoms with Gasteiger partial charge in [0, 0.05) is 25.7 Å². The first-order chi connectivity index (χ1) is 12.6. The van der Waals surface area contributed by atoms with Gasteiger partial charge in [-0.2, -0.15) is 13.2 Å². The Hall–Kier alpha value is -2.40. The lowest BCUT2D eigenvalue weighted by molar-refractivity contribution is -0.137. The van der Waals surface area contributed by atoms with Gasteiger partial charge < -0.3 is 10.6 Å². The maximum atomic E-state index is 12.7. The third-order valence-corrected chi connectivity index (χ3v) is 4.85. The minimum Gasteiger partial charge on any atom is -0.370 e. The van der Waals surface area contributed by atoms with Crippen LogP contribution in [0.3, 0.4) is 0 Å². The highest BCUT2D eigenvalue weighted by Crippen LogP contribution is 2.30. The van der Waals surface area contributed by atoms with Gasteiger partial charge in [-0.1, -0.05) is 6.07 Å². The quantitative estimate of drug-likeness (QED) is 0.587. The Balaban J connectivity index is 1.97. The molecular weight excluding hydrogens is 383 g/mol. The van der Waals surface area contributed by atoms with E-state index in [2.05, 4.69) is 25.3 Å². The first-order valence-electron chi connectivity index (χ1n) is 8.12. The van der Waals surface area contributed by atoms with Crippen molar-refractivity contribution in [1.29, 1.82) is 0 Å². The molecule has 0 radical (unpaired) electrons. The van der Waals surface area contributed by atoms with E-state index in [0.717, 1.165) is 18.2 Å². The van der Waals surface area contributed by atoms with E-state index < -0.39 is 26.7 Å². The van der Waals surface area contributed by atoms with Gasteiger partial charge in [-0.05, 0) is 32.0 Å². The fraction of sp³-hybridized carbons (Fsp3) is 0.375. The zero-order chi connectivity index (χ0) is 20.1. The second kappa shape index (κ2) is 8.53. The Morgan fingerprint density at radius 1 is 1.04 bits per heavy atom. The van der Waals surface area contributed by atoms with Gasteiger partial charge in [-0.15, -0.1) is 0 Å². The second-order valence-corrected chi connectivity index (χ2v) is 7.33. The van der Waals surface area contributed by atoms with E-state index in [1.807, 2.05) is 6.92 Å². The number of aromatic nitrogens is 2. The number of sulfonamides is 1. The molecule has 2 aromatic rings. The van der Waals surface area contributed by atoms with Crippen molar-refractivity contribution >= 4 is 21.7 Å². The van der Waals surface area contributed by atoms with E-state index >= 15 is 0 Å². The number of hydrogen-bond acceptors (Lipinski definition) is 6. The molecule has 148 valence electrons. The molecule has 0 atom stereocenters. The second-order valence-electron chi connectivity index (χ2n) is 5.57. The molecule has 2 rings (SSSR count). The Morgan fingerprint density at radius 3 is 2.33 bits per heavy atom. The molecule has 1 heterocycles. The molecule has 0 bridgehead atoms. The maximum absolute atomic E-state index is 12.7. The Labute approximate surface area is 155 Å². The summed E-state index contributed by atoms with van der Waals surface area (Å²) in [6.07, 6.45) is -4.61. The number of alkyl halides is 3. The highest BCUT2D eigenvalue weighted by Gasteiger charge is 2.31. The van der Waals surface area contributed by atoms with Crippen molar-refractivity contribution in [2.24, 2.45) is 0 Å². The first-order valence-corrected chi connectivity index (χ1v) is 9.60. The van der Waals surface area contributed by atoms with Gasteiger partial charge in [0.2, 0.25) is 10.0 Å². The molecule has 0 aliphatic rings. The maximum Gasteiger partial charge on any atom is 0.416 e. The summed E-state index contributed by atoms with van der Waals surface area (Å²) in [5.74, 6) is 1.69. The van der Waals surface area contributed by atoms with Crippen LogP contribution in [0.5, 0.6) is 0 Å². The standard InChI is InChI=1S/C16H20F3N5O2S/c1-3-20-14-10-15(24-11(2)23-14)21-7-8-22-27(25,26)13-6-4-5-12(9-13)16(17,18)19/h4-6,9-10,22H,3,7-8H2,1-2H3,(H2,20,21,23,24). The van der Waals surface area contributed by atoms with Gasteiger partial charge in [0.1, 0.15) is 17.5 Å². The fourth-order valence-corrected chi connectivity index (χ4v) is 3.31. The minimum absolute atomic E-state index is 0.0296. The average Bonchev–Trinajstić information content (AvgIpc) is 2.58. The van der Waals surface area contributed by atoms with Gasteiger partial charge in [-0.25, -0.2) is 23.1 Å². The Bertz CT molecular complexity index is 888. The topological polar surface area (TPSA) is 96.0 Å². The molecule has 27 heavy (non-hydrogen) atoms. The summed E-state index contributed by atoms with van der Waals surface area (Å²) < 4.78 is 64.8. The molecule has 7 nitrogen and oxygen atoms in total. The van der Waals surface area contributed by atoms with Crippen molar-refractivity contribution in [3.8, 4) is 0 Å². The third kappa shape index (κ3) is 6.07. The monoisotopic (exact) mass is 403 g/mol. The SMILES string of the molecule is CCNc1cc(NCCNS(=O)(=O)c2cccc(C(F)(F)F)c2)nc(C)n1. The number of nitrogens with one attached hydrogen (secondary N) is 3. The van der Waals surface area contributed by atoms with Crippen LogP contribution < -0.4 is 15.4 Å². The highest BCUT2D eigenvalue weighted by atomic mass is 32.2. The number of anilines is 2. The lowest BCUT2D eigenvalue weighted by Gasteiger charge is -2.11. The summed E-state index contributed by atoms with van der Waals surface area (Å²) in [7, 11) is -4.06. The molecule has 0 saturated heterocycles. The highest BCUT2D eigenvalue weighted by molar-refractivity contribution is 7.89. The average molecular weight is 403 g/mol. The fourth-order valence-electron chi connectivity index (χ4n) is 2.23. The molecule has 0 fully saturated rings. The van der Waals surface area contributed by atoms with Crippen LogP contribution in [0, 0.1) is 6.92 Å². The number of nitrogens with zero attached hydrogens (tertiary/aromatic N) is 2. The Morgan fingerprint density at radius 2 is 1.70 bits per heavy atom. The summed E-state index contributed by atoms with van der Waals surface area (Å²) >= 11 is 0. The zero-order valence-electron chi connectivity index (χ0n) is 14.8. The molecule has 11 heteroatoms. The molecule has 1 aromatic carbocycles. The van der Waals surface area contributed by atoms with Gasteiger partial charge in [0.25, 0.3) is 0 Å². The van der Waals surface area contributed by atoms with Gasteiger partial charge in [-0.3, -0.25) is 0 Å². The summed E-state index contributed by atoms with van der Waals surface area (Å²) in [5, 5.41) is 5.99. The van der Waals surface area contributed by atoms with Crippen molar-refractivity contribution in [2.75, 3.05) is 30.3 Å². The van der Waals surface area contributed by atoms with Crippen LogP contribution in [0.25, 0.3) is 0 Å². The lowest BCUT2D eigenvalue weighted by atomic mass is 10.2.